The van der Waals surface area contributed by atoms with Gasteiger partial charge in [-0.15, -0.1) is 0 Å². The second kappa shape index (κ2) is 132. The number of aliphatic hydroxyl groups excluding tert-OH is 4. The molecule has 0 aliphatic heterocycles. The molecule has 223 valence electrons. The third-order valence-corrected chi connectivity index (χ3v) is 1.13. The monoisotopic (exact) mass is 545 g/mol. The maximum absolute atomic E-state index is 7.88. The zero-order chi connectivity index (χ0) is 22.2. The minimum absolute atomic E-state index is 0. The van der Waals surface area contributed by atoms with Gasteiger partial charge >= 0.3 is 14.6 Å². The molecule has 0 amide bonds. The average molecular weight is 545 g/mol. The predicted octanol–water partition coefficient (Wildman–Crippen LogP) is -7.13. The van der Waals surface area contributed by atoms with Crippen molar-refractivity contribution in [2.24, 2.45) is 0 Å². The van der Waals surface area contributed by atoms with Crippen LogP contribution in [0.4, 0.5) is 0 Å². The fourth-order valence-corrected chi connectivity index (χ4v) is 0.553. The van der Waals surface area contributed by atoms with Gasteiger partial charge in [-0.25, -0.2) is 0 Å². The summed E-state index contributed by atoms with van der Waals surface area (Å²) in [5.74, 6) is 0. The summed E-state index contributed by atoms with van der Waals surface area (Å²) in [6.45, 7) is 13.7. The number of aliphatic hydroxyl groups is 4. The molecule has 0 unspecified atom stereocenters. The van der Waals surface area contributed by atoms with Gasteiger partial charge in [-0.3, -0.25) is 0 Å². The van der Waals surface area contributed by atoms with Crippen molar-refractivity contribution < 1.29 is 87.8 Å². The molecule has 0 aromatic rings. The number of hydrogen-bond donors (Lipinski definition) is 7. The van der Waals surface area contributed by atoms with E-state index in [9.17, 15) is 0 Å². The van der Waals surface area contributed by atoms with Crippen LogP contribution < -0.4 is 0 Å². The molecule has 0 saturated heterocycles. The Morgan fingerprint density at radius 2 is 0.647 bits per heavy atom. The first-order chi connectivity index (χ1) is 12.3. The summed E-state index contributed by atoms with van der Waals surface area (Å²) in [5, 5.41) is 51.5. The van der Waals surface area contributed by atoms with E-state index in [1.807, 2.05) is 27.7 Å². The Balaban J connectivity index is -0.0000000123. The van der Waals surface area contributed by atoms with Gasteiger partial charge in [0.15, 0.2) is 0 Å². The van der Waals surface area contributed by atoms with Gasteiger partial charge in [-0.1, -0.05) is 6.92 Å². The summed E-state index contributed by atoms with van der Waals surface area (Å²) in [6.07, 6.45) is 0.875. The fourth-order valence-electron chi connectivity index (χ4n) is 0.553. The Labute approximate surface area is 215 Å². The van der Waals surface area contributed by atoms with Crippen molar-refractivity contribution >= 4 is 32.0 Å². The summed E-state index contributed by atoms with van der Waals surface area (Å²) in [4.78, 5) is 0. The van der Waals surface area contributed by atoms with E-state index in [-0.39, 0.29) is 68.9 Å². The van der Waals surface area contributed by atoms with Crippen molar-refractivity contribution in [2.75, 3.05) is 46.8 Å². The molecule has 0 aromatic carbocycles. The lowest BCUT2D eigenvalue weighted by molar-refractivity contribution is 0.107. The van der Waals surface area contributed by atoms with Gasteiger partial charge in [0, 0.05) is 64.1 Å². The van der Waals surface area contributed by atoms with Crippen molar-refractivity contribution in [2.45, 2.75) is 48.0 Å². The molecule has 0 aromatic heterocycles. The summed E-state index contributed by atoms with van der Waals surface area (Å²) in [5.41, 5.74) is 0. The second-order valence-corrected chi connectivity index (χ2v) is 3.36. The van der Waals surface area contributed by atoms with Crippen molar-refractivity contribution in [3.63, 3.8) is 0 Å². The fraction of sp³-hybridized carbons (Fsp3) is 1.00. The molecule has 0 heterocycles. The maximum Gasteiger partial charge on any atom is 0.639 e. The van der Waals surface area contributed by atoms with Crippen LogP contribution in [0.5, 0.6) is 0 Å². The van der Waals surface area contributed by atoms with E-state index in [1.54, 1.807) is 13.8 Å². The molecule has 0 spiro atoms. The highest BCUT2D eigenvalue weighted by molar-refractivity contribution is 6.36. The Bertz CT molecular complexity index is 153. The number of hydrogen-bond acceptors (Lipinski definition) is 10. The molecule has 17 nitrogen and oxygen atoms in total. The van der Waals surface area contributed by atoms with E-state index in [0.29, 0.717) is 26.4 Å². The van der Waals surface area contributed by atoms with Crippen molar-refractivity contribution in [1.29, 1.82) is 0 Å². The summed E-state index contributed by atoms with van der Waals surface area (Å²) in [6, 6.07) is 0. The molecule has 0 fully saturated rings. The molecule has 21 N–H and O–H groups in total. The lowest BCUT2D eigenvalue weighted by Gasteiger charge is -2.09. The first kappa shape index (κ1) is 92.6. The number of rotatable bonds is 7. The summed E-state index contributed by atoms with van der Waals surface area (Å²) >= 11 is 0. The van der Waals surface area contributed by atoms with Crippen molar-refractivity contribution in [1.82, 2.24) is 0 Å². The Morgan fingerprint density at radius 1 is 0.529 bits per heavy atom. The van der Waals surface area contributed by atoms with Gasteiger partial charge in [0.1, 0.15) is 0 Å². The Kier molecular flexibility index (Phi) is 360. The molecule has 0 aliphatic carbocycles. The molecule has 0 aliphatic rings. The van der Waals surface area contributed by atoms with Crippen LogP contribution in [0.15, 0.2) is 0 Å². The molecule has 34 heavy (non-hydrogen) atoms. The van der Waals surface area contributed by atoms with E-state index in [0.717, 1.165) is 13.5 Å². The van der Waals surface area contributed by atoms with Crippen LogP contribution in [0.25, 0.3) is 0 Å². The van der Waals surface area contributed by atoms with Crippen LogP contribution in [0, 0.1) is 0 Å². The van der Waals surface area contributed by atoms with E-state index in [1.165, 1.54) is 0 Å². The largest absolute Gasteiger partial charge is 0.639 e. The van der Waals surface area contributed by atoms with Gasteiger partial charge in [0.2, 0.25) is 0 Å². The topological polar surface area (TPSA) is 390 Å². The molecule has 0 atom stereocenters. The van der Waals surface area contributed by atoms with Crippen molar-refractivity contribution in [3.8, 4) is 0 Å². The SMILES string of the molecule is CCCO.CCO.CCO.CCOB(OCC)OCC.CO.O.O.O.O.O.O.O.OB(O)O.[Al]. The molecule has 0 rings (SSSR count). The second-order valence-electron chi connectivity index (χ2n) is 3.36. The zero-order valence-corrected chi connectivity index (χ0v) is 22.7. The zero-order valence-electron chi connectivity index (χ0n) is 21.5. The van der Waals surface area contributed by atoms with Gasteiger partial charge in [-0.2, -0.15) is 0 Å². The normalized spacial score (nSPS) is 5.82. The summed E-state index contributed by atoms with van der Waals surface area (Å²) < 4.78 is 15.2. The van der Waals surface area contributed by atoms with Gasteiger partial charge in [0.25, 0.3) is 0 Å². The third kappa shape index (κ3) is 308. The van der Waals surface area contributed by atoms with E-state index < -0.39 is 14.6 Å². The standard InChI is InChI=1S/C6H15BO3.C3H8O.2C2H6O.CH4O.Al.BH3O3.7H2O/c1-4-8-7(9-5-2)10-6-3;1-2-3-4;2*1-2-3;1-2;;2-1(3)4;;;;;;;/h4-6H2,1-3H3;4H,2-3H2,1H3;2*3H,2H2,1H3;2H,1H3;;2-4H;7*1H2. The van der Waals surface area contributed by atoms with Crippen LogP contribution in [0.1, 0.15) is 48.0 Å². The first-order valence-corrected chi connectivity index (χ1v) is 8.49. The van der Waals surface area contributed by atoms with Gasteiger partial charge in [0.05, 0.1) is 0 Å². The molecule has 0 saturated carbocycles. The lowest BCUT2D eigenvalue weighted by Crippen LogP contribution is -2.27. The van der Waals surface area contributed by atoms with Crippen LogP contribution in [-0.2, 0) is 14.0 Å². The van der Waals surface area contributed by atoms with Crippen LogP contribution in [-0.4, -0.2) is 153 Å². The first-order valence-electron chi connectivity index (χ1n) is 8.49. The van der Waals surface area contributed by atoms with E-state index >= 15 is 0 Å². The molecular formula is C14H56AlB2O17. The van der Waals surface area contributed by atoms with Gasteiger partial charge in [-0.05, 0) is 41.0 Å². The quantitative estimate of drug-likeness (QED) is 0.148. The van der Waals surface area contributed by atoms with Gasteiger partial charge < -0.3 is 87.8 Å². The molecular weight excluding hydrogens is 489 g/mol. The third-order valence-electron chi connectivity index (χ3n) is 1.13. The smallest absolute Gasteiger partial charge is 0.412 e. The average Bonchev–Trinajstić information content (AvgIpc) is 2.59. The summed E-state index contributed by atoms with van der Waals surface area (Å²) in [7, 11) is -1.64. The van der Waals surface area contributed by atoms with Crippen LogP contribution in [0.3, 0.4) is 0 Å². The minimum atomic E-state index is -2.17. The lowest BCUT2D eigenvalue weighted by atomic mass is 10.2. The molecule has 20 heteroatoms. The molecule has 3 radical (unpaired) electrons. The van der Waals surface area contributed by atoms with Crippen LogP contribution >= 0.6 is 0 Å². The Morgan fingerprint density at radius 3 is 0.706 bits per heavy atom. The highest BCUT2D eigenvalue weighted by atomic mass is 27.0. The Hall–Kier alpha value is -0.0177. The predicted molar refractivity (Wildman–Crippen MR) is 135 cm³/mol. The van der Waals surface area contributed by atoms with Crippen molar-refractivity contribution in [3.05, 3.63) is 0 Å². The van der Waals surface area contributed by atoms with E-state index in [4.69, 9.17) is 49.5 Å². The minimum Gasteiger partial charge on any atom is -0.412 e. The highest BCUT2D eigenvalue weighted by Crippen LogP contribution is 1.91. The molecule has 0 bridgehead atoms. The highest BCUT2D eigenvalue weighted by Gasteiger charge is 2.17. The van der Waals surface area contributed by atoms with Crippen LogP contribution in [0.2, 0.25) is 0 Å². The maximum atomic E-state index is 7.88. The van der Waals surface area contributed by atoms with E-state index in [2.05, 4.69) is 0 Å².